The molecule has 29 heavy (non-hydrogen) atoms. The predicted molar refractivity (Wildman–Crippen MR) is 109 cm³/mol. The van der Waals surface area contributed by atoms with Gasteiger partial charge in [0.15, 0.2) is 5.16 Å². The minimum atomic E-state index is -0.986. The van der Waals surface area contributed by atoms with Gasteiger partial charge in [-0.1, -0.05) is 11.8 Å². The minimum absolute atomic E-state index is 0.0143. The van der Waals surface area contributed by atoms with Gasteiger partial charge in [-0.25, -0.2) is 9.37 Å². The molecule has 0 aliphatic rings. The lowest BCUT2D eigenvalue weighted by Gasteiger charge is -2.09. The summed E-state index contributed by atoms with van der Waals surface area (Å²) in [5.41, 5.74) is 3.17. The smallest absolute Gasteiger partial charge is 0.230 e. The molecule has 1 amide bonds. The van der Waals surface area contributed by atoms with Crippen LogP contribution in [-0.4, -0.2) is 55.7 Å². The molecule has 1 unspecified atom stereocenters. The number of aromatic nitrogens is 3. The first-order valence-electron chi connectivity index (χ1n) is 8.91. The molecule has 0 aliphatic carbocycles. The molecule has 0 radical (unpaired) electrons. The highest BCUT2D eigenvalue weighted by molar-refractivity contribution is 7.99. The van der Waals surface area contributed by atoms with Crippen molar-refractivity contribution in [2.75, 3.05) is 18.9 Å². The molecule has 0 saturated carbocycles. The summed E-state index contributed by atoms with van der Waals surface area (Å²) in [6.45, 7) is -0.428. The zero-order valence-electron chi connectivity index (χ0n) is 15.7. The number of carbonyl (C=O) groups excluding carboxylic acids is 1. The van der Waals surface area contributed by atoms with Crippen LogP contribution >= 0.6 is 11.8 Å². The maximum absolute atomic E-state index is 13.4. The normalized spacial score (nSPS) is 12.0. The van der Waals surface area contributed by atoms with Crippen LogP contribution in [0.3, 0.4) is 0 Å². The lowest BCUT2D eigenvalue weighted by atomic mass is 10.1. The summed E-state index contributed by atoms with van der Waals surface area (Å²) >= 11 is 1.25. The van der Waals surface area contributed by atoms with Gasteiger partial charge < -0.3 is 20.1 Å². The summed E-state index contributed by atoms with van der Waals surface area (Å²) in [4.78, 5) is 20.7. The standard InChI is InChI=1S/C20H21FN4O3S/c1-25-19(14-6-8-22-9-7-14)18(13-2-4-15(21)5-3-13)24-20(25)29-12-17(28)23-10-16(27)11-26/h2-9,16,26-27H,10-12H2,1H3,(H,23,28). The first kappa shape index (κ1) is 21.0. The summed E-state index contributed by atoms with van der Waals surface area (Å²) in [6.07, 6.45) is 2.38. The molecule has 7 nitrogen and oxygen atoms in total. The maximum atomic E-state index is 13.4. The van der Waals surface area contributed by atoms with Crippen molar-refractivity contribution in [3.8, 4) is 22.5 Å². The largest absolute Gasteiger partial charge is 0.394 e. The third-order valence-electron chi connectivity index (χ3n) is 4.20. The van der Waals surface area contributed by atoms with Crippen LogP contribution in [0.25, 0.3) is 22.5 Å². The van der Waals surface area contributed by atoms with Crippen molar-refractivity contribution < 1.29 is 19.4 Å². The molecule has 3 rings (SSSR count). The summed E-state index contributed by atoms with van der Waals surface area (Å²) in [6, 6.07) is 9.82. The van der Waals surface area contributed by atoms with Crippen molar-refractivity contribution in [2.45, 2.75) is 11.3 Å². The molecular formula is C20H21FN4O3S. The lowest BCUT2D eigenvalue weighted by Crippen LogP contribution is -2.34. The Hall–Kier alpha value is -2.75. The van der Waals surface area contributed by atoms with E-state index in [0.717, 1.165) is 16.8 Å². The molecule has 2 heterocycles. The van der Waals surface area contributed by atoms with Gasteiger partial charge in [0.1, 0.15) is 5.82 Å². The van der Waals surface area contributed by atoms with E-state index < -0.39 is 12.7 Å². The molecule has 9 heteroatoms. The first-order valence-corrected chi connectivity index (χ1v) is 9.89. The molecule has 152 valence electrons. The van der Waals surface area contributed by atoms with Crippen LogP contribution < -0.4 is 5.32 Å². The fourth-order valence-corrected chi connectivity index (χ4v) is 3.54. The van der Waals surface area contributed by atoms with Crippen LogP contribution in [0.15, 0.2) is 53.9 Å². The summed E-state index contributed by atoms with van der Waals surface area (Å²) < 4.78 is 15.2. The minimum Gasteiger partial charge on any atom is -0.394 e. The van der Waals surface area contributed by atoms with Gasteiger partial charge in [0.05, 0.1) is 29.9 Å². The van der Waals surface area contributed by atoms with Crippen molar-refractivity contribution >= 4 is 17.7 Å². The number of halogens is 1. The van der Waals surface area contributed by atoms with E-state index in [1.54, 1.807) is 24.5 Å². The highest BCUT2D eigenvalue weighted by atomic mass is 32.2. The number of hydrogen-bond donors (Lipinski definition) is 3. The predicted octanol–water partition coefficient (Wildman–Crippen LogP) is 1.85. The second-order valence-corrected chi connectivity index (χ2v) is 7.27. The van der Waals surface area contributed by atoms with Crippen LogP contribution in [-0.2, 0) is 11.8 Å². The van der Waals surface area contributed by atoms with E-state index >= 15 is 0 Å². The fourth-order valence-electron chi connectivity index (χ4n) is 2.73. The Labute approximate surface area is 171 Å². The van der Waals surface area contributed by atoms with Crippen LogP contribution in [0, 0.1) is 5.82 Å². The topological polar surface area (TPSA) is 100 Å². The lowest BCUT2D eigenvalue weighted by molar-refractivity contribution is -0.119. The number of rotatable bonds is 8. The SMILES string of the molecule is Cn1c(SCC(=O)NCC(O)CO)nc(-c2ccc(F)cc2)c1-c1ccncc1. The highest BCUT2D eigenvalue weighted by Crippen LogP contribution is 2.34. The summed E-state index contributed by atoms with van der Waals surface area (Å²) in [5, 5.41) is 21.3. The first-order chi connectivity index (χ1) is 14.0. The van der Waals surface area contributed by atoms with Crippen LogP contribution in [0.5, 0.6) is 0 Å². The van der Waals surface area contributed by atoms with E-state index in [1.165, 1.54) is 23.9 Å². The second-order valence-electron chi connectivity index (χ2n) is 6.32. The van der Waals surface area contributed by atoms with E-state index in [4.69, 9.17) is 5.11 Å². The molecule has 0 fully saturated rings. The van der Waals surface area contributed by atoms with Gasteiger partial charge in [-0.2, -0.15) is 0 Å². The van der Waals surface area contributed by atoms with Crippen LogP contribution in [0.2, 0.25) is 0 Å². The Morgan fingerprint density at radius 3 is 2.55 bits per heavy atom. The third kappa shape index (κ3) is 5.20. The number of amides is 1. The van der Waals surface area contributed by atoms with Crippen molar-refractivity contribution in [2.24, 2.45) is 7.05 Å². The number of benzene rings is 1. The van der Waals surface area contributed by atoms with E-state index in [1.807, 2.05) is 23.7 Å². The number of thioether (sulfide) groups is 1. The van der Waals surface area contributed by atoms with Gasteiger partial charge in [0, 0.05) is 37.1 Å². The molecular weight excluding hydrogens is 395 g/mol. The maximum Gasteiger partial charge on any atom is 0.230 e. The molecule has 0 spiro atoms. The van der Waals surface area contributed by atoms with Crippen LogP contribution in [0.4, 0.5) is 4.39 Å². The zero-order chi connectivity index (χ0) is 20.8. The van der Waals surface area contributed by atoms with Gasteiger partial charge in [0.25, 0.3) is 0 Å². The van der Waals surface area contributed by atoms with E-state index in [0.29, 0.717) is 10.9 Å². The number of nitrogens with zero attached hydrogens (tertiary/aromatic N) is 3. The van der Waals surface area contributed by atoms with Gasteiger partial charge in [0.2, 0.25) is 5.91 Å². The van der Waals surface area contributed by atoms with Gasteiger partial charge >= 0.3 is 0 Å². The Kier molecular flexibility index (Phi) is 6.97. The number of carbonyl (C=O) groups is 1. The van der Waals surface area contributed by atoms with E-state index in [9.17, 15) is 14.3 Å². The summed E-state index contributed by atoms with van der Waals surface area (Å²) in [7, 11) is 1.85. The molecule has 0 saturated heterocycles. The monoisotopic (exact) mass is 416 g/mol. The Morgan fingerprint density at radius 1 is 1.21 bits per heavy atom. The van der Waals surface area contributed by atoms with Crippen molar-refractivity contribution in [3.05, 3.63) is 54.6 Å². The average Bonchev–Trinajstić information content (AvgIpc) is 3.07. The van der Waals surface area contributed by atoms with E-state index in [2.05, 4.69) is 15.3 Å². The van der Waals surface area contributed by atoms with Gasteiger partial charge in [-0.3, -0.25) is 9.78 Å². The van der Waals surface area contributed by atoms with Crippen molar-refractivity contribution in [3.63, 3.8) is 0 Å². The Bertz CT molecular complexity index is 964. The van der Waals surface area contributed by atoms with E-state index in [-0.39, 0.29) is 24.0 Å². The Balaban J connectivity index is 1.87. The molecule has 0 aliphatic heterocycles. The molecule has 2 aromatic heterocycles. The van der Waals surface area contributed by atoms with Gasteiger partial charge in [-0.05, 0) is 36.4 Å². The number of nitrogens with one attached hydrogen (secondary N) is 1. The molecule has 1 atom stereocenters. The number of aliphatic hydroxyl groups is 2. The third-order valence-corrected chi connectivity index (χ3v) is 5.23. The van der Waals surface area contributed by atoms with Crippen molar-refractivity contribution in [1.29, 1.82) is 0 Å². The second kappa shape index (κ2) is 9.64. The molecule has 3 aromatic rings. The Morgan fingerprint density at radius 2 is 1.90 bits per heavy atom. The van der Waals surface area contributed by atoms with Crippen molar-refractivity contribution in [1.82, 2.24) is 19.9 Å². The quantitative estimate of drug-likeness (QED) is 0.485. The highest BCUT2D eigenvalue weighted by Gasteiger charge is 2.19. The number of aliphatic hydroxyl groups excluding tert-OH is 2. The average molecular weight is 416 g/mol. The molecule has 1 aromatic carbocycles. The van der Waals surface area contributed by atoms with Crippen LogP contribution in [0.1, 0.15) is 0 Å². The number of pyridine rings is 1. The number of imidazole rings is 1. The number of hydrogen-bond acceptors (Lipinski definition) is 6. The molecule has 0 bridgehead atoms. The zero-order valence-corrected chi connectivity index (χ0v) is 16.6. The fraction of sp³-hybridized carbons (Fsp3) is 0.250. The van der Waals surface area contributed by atoms with Gasteiger partial charge in [-0.15, -0.1) is 0 Å². The summed E-state index contributed by atoms with van der Waals surface area (Å²) in [5.74, 6) is -0.507. The molecule has 3 N–H and O–H groups in total.